The minimum Gasteiger partial charge on any atom is -0.504 e. The second-order valence-corrected chi connectivity index (χ2v) is 3.32. The Morgan fingerprint density at radius 2 is 2.18 bits per heavy atom. The minimum atomic E-state index is -1.05. The Kier molecular flexibility index (Phi) is 5.03. The number of aliphatic hydroxyl groups is 1. The number of phenols is 1. The van der Waals surface area contributed by atoms with Gasteiger partial charge in [-0.2, -0.15) is 0 Å². The van der Waals surface area contributed by atoms with E-state index in [2.05, 4.69) is 0 Å². The van der Waals surface area contributed by atoms with E-state index in [0.29, 0.717) is 24.3 Å². The van der Waals surface area contributed by atoms with Crippen LogP contribution < -0.4 is 4.74 Å². The summed E-state index contributed by atoms with van der Waals surface area (Å²) in [5.74, 6) is -0.797. The summed E-state index contributed by atoms with van der Waals surface area (Å²) in [5, 5.41) is 26.6. The van der Waals surface area contributed by atoms with Crippen LogP contribution in [-0.4, -0.2) is 34.5 Å². The smallest absolute Gasteiger partial charge is 0.328 e. The first-order valence-electron chi connectivity index (χ1n) is 5.11. The number of aliphatic hydroxyl groups excluding tert-OH is 1. The van der Waals surface area contributed by atoms with E-state index in [1.165, 1.54) is 12.1 Å². The zero-order valence-electron chi connectivity index (χ0n) is 9.17. The van der Waals surface area contributed by atoms with E-state index in [1.54, 1.807) is 12.1 Å². The molecule has 0 aliphatic rings. The average molecular weight is 238 g/mol. The van der Waals surface area contributed by atoms with Crippen LogP contribution in [0, 0.1) is 0 Å². The van der Waals surface area contributed by atoms with Crippen LogP contribution in [0.25, 0.3) is 6.08 Å². The SMILES string of the molecule is O=C(O)/C=C/c1ccc(OCCCO)c(O)c1. The zero-order chi connectivity index (χ0) is 12.7. The molecule has 92 valence electrons. The maximum atomic E-state index is 10.3. The number of aliphatic carboxylic acids is 1. The zero-order valence-corrected chi connectivity index (χ0v) is 9.17. The van der Waals surface area contributed by atoms with E-state index in [0.717, 1.165) is 6.08 Å². The largest absolute Gasteiger partial charge is 0.504 e. The Morgan fingerprint density at radius 3 is 2.76 bits per heavy atom. The van der Waals surface area contributed by atoms with Crippen LogP contribution >= 0.6 is 0 Å². The van der Waals surface area contributed by atoms with Crippen LogP contribution in [0.5, 0.6) is 11.5 Å². The fourth-order valence-electron chi connectivity index (χ4n) is 1.17. The second kappa shape index (κ2) is 6.55. The molecule has 0 spiro atoms. The molecule has 1 aromatic rings. The minimum absolute atomic E-state index is 0.0280. The van der Waals surface area contributed by atoms with Gasteiger partial charge < -0.3 is 20.1 Å². The van der Waals surface area contributed by atoms with Crippen molar-refractivity contribution >= 4 is 12.0 Å². The van der Waals surface area contributed by atoms with Crippen LogP contribution in [0.15, 0.2) is 24.3 Å². The van der Waals surface area contributed by atoms with E-state index in [9.17, 15) is 9.90 Å². The summed E-state index contributed by atoms with van der Waals surface area (Å²) >= 11 is 0. The molecule has 0 heterocycles. The number of aromatic hydroxyl groups is 1. The van der Waals surface area contributed by atoms with Crippen LogP contribution in [0.4, 0.5) is 0 Å². The van der Waals surface area contributed by atoms with Gasteiger partial charge in [-0.15, -0.1) is 0 Å². The molecule has 5 heteroatoms. The Bertz CT molecular complexity index is 411. The molecule has 3 N–H and O–H groups in total. The van der Waals surface area contributed by atoms with Crippen molar-refractivity contribution < 1.29 is 24.9 Å². The lowest BCUT2D eigenvalue weighted by Gasteiger charge is -2.07. The average Bonchev–Trinajstić information content (AvgIpc) is 2.29. The molecule has 0 radical (unpaired) electrons. The maximum Gasteiger partial charge on any atom is 0.328 e. The predicted octanol–water partition coefficient (Wildman–Crippen LogP) is 1.25. The lowest BCUT2D eigenvalue weighted by molar-refractivity contribution is -0.131. The van der Waals surface area contributed by atoms with Crippen LogP contribution in [-0.2, 0) is 4.79 Å². The molecule has 0 bridgehead atoms. The summed E-state index contributed by atoms with van der Waals surface area (Å²) in [5.41, 5.74) is 0.569. The number of hydrogen-bond donors (Lipinski definition) is 3. The third kappa shape index (κ3) is 4.56. The number of phenolic OH excluding ortho intramolecular Hbond substituents is 1. The summed E-state index contributed by atoms with van der Waals surface area (Å²) in [4.78, 5) is 10.3. The molecule has 1 aromatic carbocycles. The van der Waals surface area contributed by atoms with Gasteiger partial charge in [0.15, 0.2) is 11.5 Å². The molecule has 0 aliphatic heterocycles. The van der Waals surface area contributed by atoms with E-state index in [4.69, 9.17) is 14.9 Å². The number of hydrogen-bond acceptors (Lipinski definition) is 4. The highest BCUT2D eigenvalue weighted by molar-refractivity contribution is 5.85. The fraction of sp³-hybridized carbons (Fsp3) is 0.250. The molecule has 0 saturated carbocycles. The Labute approximate surface area is 98.6 Å². The Morgan fingerprint density at radius 1 is 1.41 bits per heavy atom. The summed E-state index contributed by atoms with van der Waals surface area (Å²) in [7, 11) is 0. The predicted molar refractivity (Wildman–Crippen MR) is 62.0 cm³/mol. The van der Waals surface area contributed by atoms with Crippen molar-refractivity contribution in [2.45, 2.75) is 6.42 Å². The molecule has 0 aromatic heterocycles. The number of carboxylic acids is 1. The highest BCUT2D eigenvalue weighted by atomic mass is 16.5. The molecule has 0 atom stereocenters. The van der Waals surface area contributed by atoms with Gasteiger partial charge in [0.2, 0.25) is 0 Å². The van der Waals surface area contributed by atoms with Gasteiger partial charge in [0, 0.05) is 19.1 Å². The van der Waals surface area contributed by atoms with Crippen LogP contribution in [0.3, 0.4) is 0 Å². The number of carboxylic acid groups (broad SMARTS) is 1. The summed E-state index contributed by atoms with van der Waals surface area (Å²) in [6, 6.07) is 4.59. The highest BCUT2D eigenvalue weighted by Crippen LogP contribution is 2.27. The molecule has 1 rings (SSSR count). The molecule has 0 aliphatic carbocycles. The van der Waals surface area contributed by atoms with Crippen LogP contribution in [0.1, 0.15) is 12.0 Å². The standard InChI is InChI=1S/C12H14O5/c13-6-1-7-17-11-4-2-9(8-10(11)14)3-5-12(15)16/h2-5,8,13-14H,1,6-7H2,(H,15,16)/b5-3+. The molecule has 0 saturated heterocycles. The Hall–Kier alpha value is -2.01. The number of carbonyl (C=O) groups is 1. The van der Waals surface area contributed by atoms with Gasteiger partial charge in [-0.1, -0.05) is 6.07 Å². The van der Waals surface area contributed by atoms with Gasteiger partial charge >= 0.3 is 5.97 Å². The van der Waals surface area contributed by atoms with Crippen molar-refractivity contribution in [3.8, 4) is 11.5 Å². The van der Waals surface area contributed by atoms with Gasteiger partial charge in [-0.05, 0) is 23.8 Å². The topological polar surface area (TPSA) is 87.0 Å². The number of rotatable bonds is 6. The Balaban J connectivity index is 2.69. The van der Waals surface area contributed by atoms with Crippen molar-refractivity contribution in [2.24, 2.45) is 0 Å². The molecular weight excluding hydrogens is 224 g/mol. The van der Waals surface area contributed by atoms with Gasteiger partial charge in [0.25, 0.3) is 0 Å². The lowest BCUT2D eigenvalue weighted by atomic mass is 10.2. The van der Waals surface area contributed by atoms with E-state index in [1.807, 2.05) is 0 Å². The highest BCUT2D eigenvalue weighted by Gasteiger charge is 2.02. The molecule has 5 nitrogen and oxygen atoms in total. The molecular formula is C12H14O5. The van der Waals surface area contributed by atoms with Gasteiger partial charge in [0.1, 0.15) is 0 Å². The fourth-order valence-corrected chi connectivity index (χ4v) is 1.17. The summed E-state index contributed by atoms with van der Waals surface area (Å²) in [6.45, 7) is 0.342. The molecule has 0 unspecified atom stereocenters. The van der Waals surface area contributed by atoms with Gasteiger partial charge in [0.05, 0.1) is 6.61 Å². The van der Waals surface area contributed by atoms with Gasteiger partial charge in [-0.3, -0.25) is 0 Å². The number of benzene rings is 1. The van der Waals surface area contributed by atoms with Crippen molar-refractivity contribution in [3.63, 3.8) is 0 Å². The molecule has 17 heavy (non-hydrogen) atoms. The van der Waals surface area contributed by atoms with Crippen molar-refractivity contribution in [3.05, 3.63) is 29.8 Å². The first-order chi connectivity index (χ1) is 8.13. The van der Waals surface area contributed by atoms with Crippen molar-refractivity contribution in [1.82, 2.24) is 0 Å². The van der Waals surface area contributed by atoms with Crippen molar-refractivity contribution in [2.75, 3.05) is 13.2 Å². The monoisotopic (exact) mass is 238 g/mol. The third-order valence-electron chi connectivity index (χ3n) is 1.96. The summed E-state index contributed by atoms with van der Waals surface area (Å²) < 4.78 is 5.21. The van der Waals surface area contributed by atoms with Crippen molar-refractivity contribution in [1.29, 1.82) is 0 Å². The van der Waals surface area contributed by atoms with E-state index >= 15 is 0 Å². The third-order valence-corrected chi connectivity index (χ3v) is 1.96. The normalized spacial score (nSPS) is 10.6. The summed E-state index contributed by atoms with van der Waals surface area (Å²) in [6.07, 6.45) is 2.85. The first kappa shape index (κ1) is 13.1. The van der Waals surface area contributed by atoms with Gasteiger partial charge in [-0.25, -0.2) is 4.79 Å². The first-order valence-corrected chi connectivity index (χ1v) is 5.11. The maximum absolute atomic E-state index is 10.3. The number of ether oxygens (including phenoxy) is 1. The molecule has 0 amide bonds. The molecule has 0 fully saturated rings. The van der Waals surface area contributed by atoms with E-state index < -0.39 is 5.97 Å². The van der Waals surface area contributed by atoms with E-state index in [-0.39, 0.29) is 12.4 Å². The lowest BCUT2D eigenvalue weighted by Crippen LogP contribution is -1.99. The van der Waals surface area contributed by atoms with Crippen LogP contribution in [0.2, 0.25) is 0 Å². The quantitative estimate of drug-likeness (QED) is 0.513. The second-order valence-electron chi connectivity index (χ2n) is 3.32.